The number of carbonyl (C=O) groups excluding carboxylic acids is 1. The molecule has 0 aliphatic carbocycles. The van der Waals surface area contributed by atoms with Gasteiger partial charge in [-0.1, -0.05) is 37.3 Å². The molecule has 0 aliphatic rings. The first-order valence-electron chi connectivity index (χ1n) is 6.36. The van der Waals surface area contributed by atoms with Gasteiger partial charge >= 0.3 is 0 Å². The maximum Gasteiger partial charge on any atom is 0.222 e. The van der Waals surface area contributed by atoms with Crippen LogP contribution >= 0.6 is 0 Å². The van der Waals surface area contributed by atoms with E-state index in [-0.39, 0.29) is 24.6 Å². The summed E-state index contributed by atoms with van der Waals surface area (Å²) in [6.07, 6.45) is 0.414. The smallest absolute Gasteiger partial charge is 0.222 e. The van der Waals surface area contributed by atoms with E-state index in [4.69, 9.17) is 0 Å². The quantitative estimate of drug-likeness (QED) is 0.682. The number of aliphatic hydroxyl groups is 1. The van der Waals surface area contributed by atoms with Crippen molar-refractivity contribution in [2.75, 3.05) is 13.2 Å². The molecule has 0 saturated heterocycles. The van der Waals surface area contributed by atoms with Crippen LogP contribution in [0.25, 0.3) is 0 Å². The zero-order valence-corrected chi connectivity index (χ0v) is 11.0. The molecule has 4 nitrogen and oxygen atoms in total. The molecule has 0 heterocycles. The molecule has 4 heteroatoms. The maximum absolute atomic E-state index is 11.8. The molecule has 1 unspecified atom stereocenters. The number of aliphatic hydroxyl groups excluding tert-OH is 1. The molecular weight excluding hydrogens is 228 g/mol. The lowest BCUT2D eigenvalue weighted by Crippen LogP contribution is -2.36. The van der Waals surface area contributed by atoms with Crippen molar-refractivity contribution in [1.82, 2.24) is 10.6 Å². The number of hydrogen-bond donors (Lipinski definition) is 3. The van der Waals surface area contributed by atoms with Crippen LogP contribution in [-0.2, 0) is 4.79 Å². The van der Waals surface area contributed by atoms with Gasteiger partial charge in [0.15, 0.2) is 0 Å². The fraction of sp³-hybridized carbons (Fsp3) is 0.500. The Balaban J connectivity index is 2.51. The van der Waals surface area contributed by atoms with Crippen LogP contribution in [0.15, 0.2) is 30.3 Å². The van der Waals surface area contributed by atoms with E-state index in [1.54, 1.807) is 0 Å². The van der Waals surface area contributed by atoms with Crippen LogP contribution in [0.2, 0.25) is 0 Å². The molecule has 0 aromatic heterocycles. The average Bonchev–Trinajstić information content (AvgIpc) is 2.37. The summed E-state index contributed by atoms with van der Waals surface area (Å²) in [5.74, 6) is -0.0497. The van der Waals surface area contributed by atoms with Gasteiger partial charge in [0.05, 0.1) is 12.6 Å². The fourth-order valence-electron chi connectivity index (χ4n) is 1.87. The summed E-state index contributed by atoms with van der Waals surface area (Å²) in [6, 6.07) is 9.31. The van der Waals surface area contributed by atoms with Gasteiger partial charge in [-0.15, -0.1) is 0 Å². The first-order valence-corrected chi connectivity index (χ1v) is 6.36. The average molecular weight is 250 g/mol. The number of rotatable bonds is 7. The molecule has 100 valence electrons. The number of amides is 1. The Morgan fingerprint density at radius 3 is 2.56 bits per heavy atom. The van der Waals surface area contributed by atoms with Crippen LogP contribution in [0.1, 0.15) is 31.9 Å². The van der Waals surface area contributed by atoms with Crippen LogP contribution in [0.3, 0.4) is 0 Å². The molecule has 1 amide bonds. The van der Waals surface area contributed by atoms with Gasteiger partial charge in [-0.25, -0.2) is 0 Å². The van der Waals surface area contributed by atoms with Crippen LogP contribution in [-0.4, -0.2) is 30.2 Å². The third-order valence-corrected chi connectivity index (χ3v) is 2.76. The molecule has 2 atom stereocenters. The molecule has 0 spiro atoms. The van der Waals surface area contributed by atoms with E-state index >= 15 is 0 Å². The predicted molar refractivity (Wildman–Crippen MR) is 72.2 cm³/mol. The summed E-state index contributed by atoms with van der Waals surface area (Å²) in [5, 5.41) is 15.4. The minimum Gasteiger partial charge on any atom is -0.394 e. The van der Waals surface area contributed by atoms with Gasteiger partial charge in [-0.05, 0) is 19.0 Å². The number of benzene rings is 1. The van der Waals surface area contributed by atoms with Crippen molar-refractivity contribution in [3.05, 3.63) is 35.9 Å². The first kappa shape index (κ1) is 14.7. The van der Waals surface area contributed by atoms with Crippen molar-refractivity contribution in [2.45, 2.75) is 32.4 Å². The minimum absolute atomic E-state index is 0.0497. The van der Waals surface area contributed by atoms with E-state index in [0.717, 1.165) is 12.1 Å². The summed E-state index contributed by atoms with van der Waals surface area (Å²) in [4.78, 5) is 11.8. The highest BCUT2D eigenvalue weighted by Crippen LogP contribution is 2.11. The van der Waals surface area contributed by atoms with Gasteiger partial charge in [0.25, 0.3) is 0 Å². The molecular formula is C14H22N2O2. The maximum atomic E-state index is 11.8. The first-order chi connectivity index (χ1) is 8.67. The largest absolute Gasteiger partial charge is 0.394 e. The standard InChI is InChI=1S/C14H22N2O2/c1-3-15-11(2)9-14(18)16-13(10-17)12-7-5-4-6-8-12/h4-8,11,13,15,17H,3,9-10H2,1-2H3,(H,16,18)/t11?,13-/m0/s1. The van der Waals surface area contributed by atoms with E-state index in [2.05, 4.69) is 10.6 Å². The van der Waals surface area contributed by atoms with Crippen molar-refractivity contribution in [3.63, 3.8) is 0 Å². The summed E-state index contributed by atoms with van der Waals surface area (Å²) >= 11 is 0. The van der Waals surface area contributed by atoms with E-state index in [9.17, 15) is 9.90 Å². The lowest BCUT2D eigenvalue weighted by molar-refractivity contribution is -0.122. The molecule has 3 N–H and O–H groups in total. The highest BCUT2D eigenvalue weighted by molar-refractivity contribution is 5.77. The van der Waals surface area contributed by atoms with Crippen LogP contribution < -0.4 is 10.6 Å². The predicted octanol–water partition coefficient (Wildman–Crippen LogP) is 1.22. The zero-order chi connectivity index (χ0) is 13.4. The summed E-state index contributed by atoms with van der Waals surface area (Å²) < 4.78 is 0. The molecule has 18 heavy (non-hydrogen) atoms. The Morgan fingerprint density at radius 1 is 1.33 bits per heavy atom. The highest BCUT2D eigenvalue weighted by Gasteiger charge is 2.14. The van der Waals surface area contributed by atoms with Crippen molar-refractivity contribution < 1.29 is 9.90 Å². The molecule has 1 aromatic carbocycles. The Hall–Kier alpha value is -1.39. The van der Waals surface area contributed by atoms with Gasteiger partial charge < -0.3 is 15.7 Å². The molecule has 1 rings (SSSR count). The molecule has 0 fully saturated rings. The second-order valence-corrected chi connectivity index (χ2v) is 4.38. The van der Waals surface area contributed by atoms with Crippen LogP contribution in [0.4, 0.5) is 0 Å². The Kier molecular flexibility index (Phi) is 6.39. The van der Waals surface area contributed by atoms with Gasteiger partial charge in [-0.2, -0.15) is 0 Å². The van der Waals surface area contributed by atoms with E-state index in [0.29, 0.717) is 6.42 Å². The van der Waals surface area contributed by atoms with E-state index in [1.807, 2.05) is 44.2 Å². The normalized spacial score (nSPS) is 13.9. The molecule has 1 aromatic rings. The number of hydrogen-bond acceptors (Lipinski definition) is 3. The molecule has 0 radical (unpaired) electrons. The van der Waals surface area contributed by atoms with Gasteiger partial charge in [-0.3, -0.25) is 4.79 Å². The van der Waals surface area contributed by atoms with Crippen molar-refractivity contribution in [2.24, 2.45) is 0 Å². The zero-order valence-electron chi connectivity index (χ0n) is 11.0. The summed E-state index contributed by atoms with van der Waals surface area (Å²) in [5.41, 5.74) is 0.921. The summed E-state index contributed by atoms with van der Waals surface area (Å²) in [6.45, 7) is 4.73. The SMILES string of the molecule is CCNC(C)CC(=O)N[C@@H](CO)c1ccccc1. The van der Waals surface area contributed by atoms with Crippen molar-refractivity contribution in [1.29, 1.82) is 0 Å². The summed E-state index contributed by atoms with van der Waals surface area (Å²) in [7, 11) is 0. The van der Waals surface area contributed by atoms with E-state index < -0.39 is 0 Å². The molecule has 0 aliphatic heterocycles. The van der Waals surface area contributed by atoms with E-state index in [1.165, 1.54) is 0 Å². The van der Waals surface area contributed by atoms with Gasteiger partial charge in [0.2, 0.25) is 5.91 Å². The van der Waals surface area contributed by atoms with Crippen molar-refractivity contribution >= 4 is 5.91 Å². The van der Waals surface area contributed by atoms with Gasteiger partial charge in [0, 0.05) is 12.5 Å². The molecule has 0 bridgehead atoms. The Bertz CT molecular complexity index is 354. The Labute approximate surface area is 108 Å². The topological polar surface area (TPSA) is 61.4 Å². The third kappa shape index (κ3) is 4.85. The fourth-order valence-corrected chi connectivity index (χ4v) is 1.87. The molecule has 0 saturated carbocycles. The second-order valence-electron chi connectivity index (χ2n) is 4.38. The minimum atomic E-state index is -0.326. The van der Waals surface area contributed by atoms with Crippen LogP contribution in [0.5, 0.6) is 0 Å². The van der Waals surface area contributed by atoms with Gasteiger partial charge in [0.1, 0.15) is 0 Å². The lowest BCUT2D eigenvalue weighted by Gasteiger charge is -2.18. The Morgan fingerprint density at radius 2 is 2.00 bits per heavy atom. The second kappa shape index (κ2) is 7.84. The third-order valence-electron chi connectivity index (χ3n) is 2.76. The monoisotopic (exact) mass is 250 g/mol. The number of nitrogens with one attached hydrogen (secondary N) is 2. The van der Waals surface area contributed by atoms with Crippen molar-refractivity contribution in [3.8, 4) is 0 Å². The highest BCUT2D eigenvalue weighted by atomic mass is 16.3. The van der Waals surface area contributed by atoms with Crippen LogP contribution in [0, 0.1) is 0 Å². The number of carbonyl (C=O) groups is 1. The lowest BCUT2D eigenvalue weighted by atomic mass is 10.1.